The molecule has 0 aromatic rings. The first-order valence-electron chi connectivity index (χ1n) is 2.79. The number of hydrogen-bond donors (Lipinski definition) is 1. The summed E-state index contributed by atoms with van der Waals surface area (Å²) in [5.74, 6) is 0. The molecule has 1 aliphatic rings. The molecule has 1 saturated heterocycles. The zero-order valence-electron chi connectivity index (χ0n) is 4.78. The van der Waals surface area contributed by atoms with Gasteiger partial charge in [0.05, 0.1) is 0 Å². The highest BCUT2D eigenvalue weighted by molar-refractivity contribution is 4.62. The van der Waals surface area contributed by atoms with E-state index in [4.69, 9.17) is 0 Å². The van der Waals surface area contributed by atoms with Crippen LogP contribution in [0.25, 0.3) is 0 Å². The van der Waals surface area contributed by atoms with Crippen LogP contribution in [0.15, 0.2) is 0 Å². The van der Waals surface area contributed by atoms with Gasteiger partial charge in [-0.15, -0.1) is 0 Å². The number of rotatable bonds is 0. The smallest absolute Gasteiger partial charge is 0.0104 e. The van der Waals surface area contributed by atoms with E-state index in [1.165, 1.54) is 13.1 Å². The highest BCUT2D eigenvalue weighted by Crippen LogP contribution is 1.82. The minimum Gasteiger partial charge on any atom is -0.314 e. The van der Waals surface area contributed by atoms with E-state index < -0.39 is 0 Å². The average Bonchev–Trinajstić information content (AvgIpc) is 1.69. The first kappa shape index (κ1) is 5.06. The van der Waals surface area contributed by atoms with Crippen molar-refractivity contribution in [3.8, 4) is 0 Å². The van der Waals surface area contributed by atoms with Gasteiger partial charge in [-0.3, -0.25) is 0 Å². The van der Waals surface area contributed by atoms with Crippen LogP contribution in [0.4, 0.5) is 0 Å². The van der Waals surface area contributed by atoms with E-state index in [2.05, 4.69) is 17.3 Å². The van der Waals surface area contributed by atoms with Crippen LogP contribution in [0.1, 0.15) is 0 Å². The highest BCUT2D eigenvalue weighted by Gasteiger charge is 2.01. The van der Waals surface area contributed by atoms with Crippen molar-refractivity contribution >= 4 is 0 Å². The van der Waals surface area contributed by atoms with Crippen molar-refractivity contribution in [3.63, 3.8) is 0 Å². The van der Waals surface area contributed by atoms with E-state index in [9.17, 15) is 0 Å². The molecule has 1 aliphatic heterocycles. The summed E-state index contributed by atoms with van der Waals surface area (Å²) < 4.78 is 0. The standard InChI is InChI=1S/C5H12N2/c1-7-4-2-6-3-5-7/h6H,2-5H2,1H3/i4+1. The van der Waals surface area contributed by atoms with Crippen LogP contribution in [-0.2, 0) is 0 Å². The molecule has 0 radical (unpaired) electrons. The Morgan fingerprint density at radius 2 is 1.86 bits per heavy atom. The summed E-state index contributed by atoms with van der Waals surface area (Å²) >= 11 is 0. The molecule has 0 aromatic carbocycles. The van der Waals surface area contributed by atoms with Gasteiger partial charge in [0.2, 0.25) is 0 Å². The van der Waals surface area contributed by atoms with Crippen LogP contribution in [0.3, 0.4) is 0 Å². The van der Waals surface area contributed by atoms with E-state index in [1.54, 1.807) is 0 Å². The number of hydrogen-bond acceptors (Lipinski definition) is 2. The molecular formula is C5H12N2. The zero-order chi connectivity index (χ0) is 5.11. The van der Waals surface area contributed by atoms with Gasteiger partial charge in [0.15, 0.2) is 0 Å². The summed E-state index contributed by atoms with van der Waals surface area (Å²) in [5.41, 5.74) is 0. The van der Waals surface area contributed by atoms with Crippen LogP contribution in [0.5, 0.6) is 0 Å². The number of nitrogens with zero attached hydrogens (tertiary/aromatic N) is 1. The van der Waals surface area contributed by atoms with Crippen molar-refractivity contribution in [2.24, 2.45) is 0 Å². The Morgan fingerprint density at radius 1 is 1.29 bits per heavy atom. The molecule has 0 aromatic heterocycles. The van der Waals surface area contributed by atoms with Gasteiger partial charge in [0, 0.05) is 26.2 Å². The molecule has 0 aliphatic carbocycles. The van der Waals surface area contributed by atoms with Crippen molar-refractivity contribution in [1.29, 1.82) is 0 Å². The SMILES string of the molecule is CN1CCNC[13CH2]1. The third-order valence-electron chi connectivity index (χ3n) is 1.34. The quantitative estimate of drug-likeness (QED) is 0.415. The van der Waals surface area contributed by atoms with E-state index in [0.717, 1.165) is 13.1 Å². The third-order valence-corrected chi connectivity index (χ3v) is 1.34. The second kappa shape index (κ2) is 2.28. The molecule has 0 atom stereocenters. The second-order valence-corrected chi connectivity index (χ2v) is 2.05. The van der Waals surface area contributed by atoms with Gasteiger partial charge < -0.3 is 10.2 Å². The van der Waals surface area contributed by atoms with Crippen LogP contribution in [0, 0.1) is 0 Å². The lowest BCUT2D eigenvalue weighted by molar-refractivity contribution is 0.291. The summed E-state index contributed by atoms with van der Waals surface area (Å²) in [6.45, 7) is 4.74. The lowest BCUT2D eigenvalue weighted by Crippen LogP contribution is -2.40. The fourth-order valence-corrected chi connectivity index (χ4v) is 0.777. The molecule has 2 nitrogen and oxygen atoms in total. The van der Waals surface area contributed by atoms with Crippen molar-refractivity contribution in [2.45, 2.75) is 0 Å². The molecule has 7 heavy (non-hydrogen) atoms. The Kier molecular flexibility index (Phi) is 1.65. The molecule has 0 saturated carbocycles. The third kappa shape index (κ3) is 1.45. The predicted octanol–water partition coefficient (Wildman–Crippen LogP) is -0.479. The summed E-state index contributed by atoms with van der Waals surface area (Å²) in [4.78, 5) is 2.33. The summed E-state index contributed by atoms with van der Waals surface area (Å²) in [7, 11) is 2.15. The Hall–Kier alpha value is -0.0800. The lowest BCUT2D eigenvalue weighted by Gasteiger charge is -2.21. The van der Waals surface area contributed by atoms with Crippen LogP contribution in [-0.4, -0.2) is 38.1 Å². The van der Waals surface area contributed by atoms with Crippen molar-refractivity contribution in [1.82, 2.24) is 10.2 Å². The molecule has 1 heterocycles. The second-order valence-electron chi connectivity index (χ2n) is 2.05. The van der Waals surface area contributed by atoms with Gasteiger partial charge in [0.25, 0.3) is 0 Å². The Balaban J connectivity index is 2.12. The fourth-order valence-electron chi connectivity index (χ4n) is 0.777. The monoisotopic (exact) mass is 101 g/mol. The van der Waals surface area contributed by atoms with Crippen LogP contribution < -0.4 is 5.32 Å². The average molecular weight is 101 g/mol. The molecule has 1 rings (SSSR count). The molecule has 42 valence electrons. The predicted molar refractivity (Wildman–Crippen MR) is 30.4 cm³/mol. The normalized spacial score (nSPS) is 25.3. The van der Waals surface area contributed by atoms with E-state index in [1.807, 2.05) is 0 Å². The van der Waals surface area contributed by atoms with Crippen molar-refractivity contribution in [2.75, 3.05) is 33.2 Å². The molecule has 1 N–H and O–H groups in total. The largest absolute Gasteiger partial charge is 0.314 e. The molecule has 2 heteroatoms. The summed E-state index contributed by atoms with van der Waals surface area (Å²) in [5, 5.41) is 3.27. The molecule has 0 unspecified atom stereocenters. The van der Waals surface area contributed by atoms with Gasteiger partial charge >= 0.3 is 0 Å². The van der Waals surface area contributed by atoms with Gasteiger partial charge in [0.1, 0.15) is 0 Å². The van der Waals surface area contributed by atoms with E-state index >= 15 is 0 Å². The first-order chi connectivity index (χ1) is 3.39. The van der Waals surface area contributed by atoms with Gasteiger partial charge in [-0.2, -0.15) is 0 Å². The van der Waals surface area contributed by atoms with Gasteiger partial charge in [-0.1, -0.05) is 0 Å². The Bertz CT molecular complexity index is 48.0. The van der Waals surface area contributed by atoms with Gasteiger partial charge in [-0.25, -0.2) is 0 Å². The maximum atomic E-state index is 3.27. The van der Waals surface area contributed by atoms with Crippen molar-refractivity contribution < 1.29 is 0 Å². The fraction of sp³-hybridized carbons (Fsp3) is 1.00. The summed E-state index contributed by atoms with van der Waals surface area (Å²) in [6.07, 6.45) is 0. The molecular weight excluding hydrogens is 89.1 g/mol. The molecule has 0 amide bonds. The van der Waals surface area contributed by atoms with Crippen molar-refractivity contribution in [3.05, 3.63) is 0 Å². The lowest BCUT2D eigenvalue weighted by atomic mass is 10.5. The minimum atomic E-state index is 1.16. The van der Waals surface area contributed by atoms with E-state index in [-0.39, 0.29) is 0 Å². The van der Waals surface area contributed by atoms with Crippen LogP contribution >= 0.6 is 0 Å². The van der Waals surface area contributed by atoms with Gasteiger partial charge in [-0.05, 0) is 7.05 Å². The number of piperazine rings is 1. The Morgan fingerprint density at radius 3 is 2.14 bits per heavy atom. The van der Waals surface area contributed by atoms with Crippen LogP contribution in [0.2, 0.25) is 0 Å². The number of likely N-dealkylation sites (N-methyl/N-ethyl adjacent to an activating group) is 1. The Labute approximate surface area is 44.5 Å². The zero-order valence-corrected chi connectivity index (χ0v) is 4.78. The maximum Gasteiger partial charge on any atom is 0.0104 e. The first-order valence-corrected chi connectivity index (χ1v) is 2.79. The summed E-state index contributed by atoms with van der Waals surface area (Å²) in [6, 6.07) is 0. The number of nitrogens with one attached hydrogen (secondary N) is 1. The topological polar surface area (TPSA) is 15.3 Å². The minimum absolute atomic E-state index is 1.16. The molecule has 1 fully saturated rings. The maximum absolute atomic E-state index is 3.27. The molecule has 0 spiro atoms. The highest BCUT2D eigenvalue weighted by atomic mass is 15.3. The van der Waals surface area contributed by atoms with E-state index in [0.29, 0.717) is 0 Å². The molecule has 0 bridgehead atoms.